The maximum atomic E-state index is 12.7. The minimum atomic E-state index is -0.326. The van der Waals surface area contributed by atoms with Crippen molar-refractivity contribution in [2.75, 3.05) is 0 Å². The number of hydrogen-bond donors (Lipinski definition) is 1. The van der Waals surface area contributed by atoms with E-state index in [0.29, 0.717) is 0 Å². The highest BCUT2D eigenvalue weighted by Gasteiger charge is 2.19. The Morgan fingerprint density at radius 3 is 2.75 bits per heavy atom. The number of nitrogens with zero attached hydrogens (tertiary/aromatic N) is 4. The molecule has 0 saturated heterocycles. The summed E-state index contributed by atoms with van der Waals surface area (Å²) in [7, 11) is 1.92. The molecule has 0 aliphatic heterocycles. The molecule has 7 heteroatoms. The predicted molar refractivity (Wildman–Crippen MR) is 111 cm³/mol. The zero-order chi connectivity index (χ0) is 19.7. The first-order valence-corrected chi connectivity index (χ1v) is 9.80. The van der Waals surface area contributed by atoms with Gasteiger partial charge in [0.1, 0.15) is 11.9 Å². The monoisotopic (exact) mass is 391 g/mol. The summed E-state index contributed by atoms with van der Waals surface area (Å²) in [6, 6.07) is 9.52. The van der Waals surface area contributed by atoms with Gasteiger partial charge in [-0.2, -0.15) is 0 Å². The van der Waals surface area contributed by atoms with Crippen molar-refractivity contribution < 1.29 is 4.79 Å². The van der Waals surface area contributed by atoms with Crippen molar-refractivity contribution in [2.45, 2.75) is 19.9 Å². The highest BCUT2D eigenvalue weighted by molar-refractivity contribution is 7.17. The van der Waals surface area contributed by atoms with Gasteiger partial charge in [0.15, 0.2) is 4.96 Å². The Kier molecular flexibility index (Phi) is 4.83. The van der Waals surface area contributed by atoms with Gasteiger partial charge >= 0.3 is 0 Å². The second-order valence-corrected chi connectivity index (χ2v) is 7.87. The van der Waals surface area contributed by atoms with Crippen LogP contribution < -0.4 is 5.32 Å². The lowest BCUT2D eigenvalue weighted by atomic mass is 10.1. The number of imidazole rings is 2. The van der Waals surface area contributed by atoms with Crippen LogP contribution in [0.4, 0.5) is 0 Å². The van der Waals surface area contributed by atoms with Crippen LogP contribution >= 0.6 is 11.3 Å². The first-order valence-electron chi connectivity index (χ1n) is 8.99. The van der Waals surface area contributed by atoms with Gasteiger partial charge in [0.05, 0.1) is 11.4 Å². The van der Waals surface area contributed by atoms with Crippen LogP contribution in [0.3, 0.4) is 0 Å². The van der Waals surface area contributed by atoms with E-state index in [1.807, 2.05) is 78.7 Å². The molecule has 0 aliphatic carbocycles. The van der Waals surface area contributed by atoms with Crippen molar-refractivity contribution in [3.05, 3.63) is 82.7 Å². The Morgan fingerprint density at radius 2 is 2.04 bits per heavy atom. The predicted octanol–water partition coefficient (Wildman–Crippen LogP) is 3.67. The molecule has 1 N–H and O–H groups in total. The first-order chi connectivity index (χ1) is 13.5. The van der Waals surface area contributed by atoms with Gasteiger partial charge in [-0.05, 0) is 25.5 Å². The zero-order valence-corrected chi connectivity index (χ0v) is 16.8. The van der Waals surface area contributed by atoms with Gasteiger partial charge in [-0.3, -0.25) is 9.20 Å². The number of benzene rings is 1. The summed E-state index contributed by atoms with van der Waals surface area (Å²) in [5, 5.41) is 3.08. The molecule has 28 heavy (non-hydrogen) atoms. The molecular weight excluding hydrogens is 370 g/mol. The van der Waals surface area contributed by atoms with Crippen molar-refractivity contribution in [1.82, 2.24) is 24.3 Å². The van der Waals surface area contributed by atoms with Crippen LogP contribution in [0, 0.1) is 13.8 Å². The van der Waals surface area contributed by atoms with Crippen LogP contribution in [0.2, 0.25) is 0 Å². The van der Waals surface area contributed by atoms with E-state index in [0.717, 1.165) is 27.7 Å². The summed E-state index contributed by atoms with van der Waals surface area (Å²) in [6.45, 7) is 4.00. The summed E-state index contributed by atoms with van der Waals surface area (Å²) in [5.74, 6) is 0.600. The summed E-state index contributed by atoms with van der Waals surface area (Å²) in [6.07, 6.45) is 9.02. The summed E-state index contributed by atoms with van der Waals surface area (Å²) in [4.78, 5) is 23.8. The van der Waals surface area contributed by atoms with Crippen LogP contribution in [0.25, 0.3) is 11.0 Å². The number of carbonyl (C=O) groups is 1. The molecule has 0 spiro atoms. The number of fused-ring (bicyclic) bond motifs is 1. The van der Waals surface area contributed by atoms with Crippen LogP contribution in [0.1, 0.15) is 33.7 Å². The fourth-order valence-corrected chi connectivity index (χ4v) is 4.10. The van der Waals surface area contributed by atoms with Crippen LogP contribution in [-0.2, 0) is 11.8 Å². The van der Waals surface area contributed by atoms with Crippen molar-refractivity contribution in [1.29, 1.82) is 0 Å². The van der Waals surface area contributed by atoms with Gasteiger partial charge in [0.2, 0.25) is 5.91 Å². The van der Waals surface area contributed by atoms with E-state index < -0.39 is 0 Å². The van der Waals surface area contributed by atoms with Crippen molar-refractivity contribution in [2.24, 2.45) is 7.05 Å². The number of nitrogens with one attached hydrogen (secondary N) is 1. The minimum absolute atomic E-state index is 0.182. The van der Waals surface area contributed by atoms with Crippen molar-refractivity contribution >= 4 is 28.3 Å². The Balaban J connectivity index is 1.60. The number of amides is 1. The van der Waals surface area contributed by atoms with Gasteiger partial charge in [-0.15, -0.1) is 11.3 Å². The molecule has 0 fully saturated rings. The molecule has 1 amide bonds. The van der Waals surface area contributed by atoms with E-state index in [1.165, 1.54) is 4.88 Å². The van der Waals surface area contributed by atoms with Crippen molar-refractivity contribution in [3.8, 4) is 0 Å². The summed E-state index contributed by atoms with van der Waals surface area (Å²) < 4.78 is 3.94. The Hall–Kier alpha value is -3.19. The standard InChI is InChI=1S/C21H21N5OS/c1-14-13-26-17(15(2)23-21(26)28-14)9-10-18(27)24-19(16-7-5-4-6-8-16)20-22-11-12-25(20)3/h4-13,19H,1-3H3,(H,24,27)/b10-9+. The van der Waals surface area contributed by atoms with E-state index in [4.69, 9.17) is 0 Å². The summed E-state index contributed by atoms with van der Waals surface area (Å²) >= 11 is 1.64. The fraction of sp³-hybridized carbons (Fsp3) is 0.190. The third-order valence-corrected chi connectivity index (χ3v) is 5.49. The number of hydrogen-bond acceptors (Lipinski definition) is 4. The zero-order valence-electron chi connectivity index (χ0n) is 16.0. The normalized spacial score (nSPS) is 12.7. The molecule has 0 bridgehead atoms. The fourth-order valence-electron chi connectivity index (χ4n) is 3.22. The van der Waals surface area contributed by atoms with Crippen LogP contribution in [0.5, 0.6) is 0 Å². The lowest BCUT2D eigenvalue weighted by Crippen LogP contribution is -2.29. The number of carbonyl (C=O) groups excluding carboxylic acids is 1. The van der Waals surface area contributed by atoms with E-state index in [2.05, 4.69) is 15.3 Å². The second kappa shape index (κ2) is 7.44. The average Bonchev–Trinajstić information content (AvgIpc) is 3.33. The SMILES string of the molecule is Cc1cn2c(/C=C/C(=O)NC(c3ccccc3)c3nccn3C)c(C)nc2s1. The number of thiazole rings is 1. The minimum Gasteiger partial charge on any atom is -0.339 e. The smallest absolute Gasteiger partial charge is 0.244 e. The molecule has 0 radical (unpaired) electrons. The Morgan fingerprint density at radius 1 is 1.25 bits per heavy atom. The molecule has 3 aromatic heterocycles. The molecule has 1 unspecified atom stereocenters. The van der Waals surface area contributed by atoms with Gasteiger partial charge in [0, 0.05) is 36.6 Å². The van der Waals surface area contributed by atoms with Crippen LogP contribution in [-0.4, -0.2) is 24.8 Å². The molecule has 0 saturated carbocycles. The first kappa shape index (κ1) is 18.2. The molecule has 1 aromatic carbocycles. The quantitative estimate of drug-likeness (QED) is 0.528. The summed E-state index contributed by atoms with van der Waals surface area (Å²) in [5.41, 5.74) is 2.80. The van der Waals surface area contributed by atoms with Gasteiger partial charge in [-0.1, -0.05) is 30.3 Å². The van der Waals surface area contributed by atoms with E-state index >= 15 is 0 Å². The average molecular weight is 392 g/mol. The lowest BCUT2D eigenvalue weighted by molar-refractivity contribution is -0.117. The molecule has 4 rings (SSSR count). The lowest BCUT2D eigenvalue weighted by Gasteiger charge is -2.18. The molecule has 142 valence electrons. The maximum absolute atomic E-state index is 12.7. The molecular formula is C21H21N5OS. The van der Waals surface area contributed by atoms with Gasteiger partial charge < -0.3 is 9.88 Å². The van der Waals surface area contributed by atoms with E-state index in [9.17, 15) is 4.79 Å². The molecule has 3 heterocycles. The largest absolute Gasteiger partial charge is 0.339 e. The number of aromatic nitrogens is 4. The number of rotatable bonds is 5. The maximum Gasteiger partial charge on any atom is 0.244 e. The third kappa shape index (κ3) is 3.48. The Bertz CT molecular complexity index is 1150. The third-order valence-electron chi connectivity index (χ3n) is 4.59. The molecule has 0 aliphatic rings. The molecule has 6 nitrogen and oxygen atoms in total. The van der Waals surface area contributed by atoms with Crippen LogP contribution in [0.15, 0.2) is 55.0 Å². The van der Waals surface area contributed by atoms with Gasteiger partial charge in [0.25, 0.3) is 0 Å². The highest BCUT2D eigenvalue weighted by atomic mass is 32.1. The highest BCUT2D eigenvalue weighted by Crippen LogP contribution is 2.22. The van der Waals surface area contributed by atoms with Gasteiger partial charge in [-0.25, -0.2) is 9.97 Å². The molecule has 1 atom stereocenters. The van der Waals surface area contributed by atoms with E-state index in [1.54, 1.807) is 23.6 Å². The topological polar surface area (TPSA) is 64.2 Å². The Labute approximate surface area is 167 Å². The number of aryl methyl sites for hydroxylation is 3. The van der Waals surface area contributed by atoms with Crippen molar-refractivity contribution in [3.63, 3.8) is 0 Å². The van der Waals surface area contributed by atoms with E-state index in [-0.39, 0.29) is 11.9 Å². The molecule has 4 aromatic rings. The second-order valence-electron chi connectivity index (χ2n) is 6.66.